The lowest BCUT2D eigenvalue weighted by Gasteiger charge is -2.17. The van der Waals surface area contributed by atoms with E-state index >= 15 is 0 Å². The van der Waals surface area contributed by atoms with Crippen LogP contribution in [0.3, 0.4) is 0 Å². The minimum absolute atomic E-state index is 0.0610. The average molecular weight is 280 g/mol. The molecule has 3 heteroatoms. The molecule has 1 aromatic heterocycles. The van der Waals surface area contributed by atoms with E-state index in [4.69, 9.17) is 0 Å². The van der Waals surface area contributed by atoms with E-state index in [2.05, 4.69) is 40.6 Å². The van der Waals surface area contributed by atoms with Crippen LogP contribution in [0, 0.1) is 5.82 Å². The number of benzene rings is 2. The Balaban J connectivity index is 1.90. The molecule has 0 amide bonds. The zero-order chi connectivity index (χ0) is 14.7. The van der Waals surface area contributed by atoms with Crippen molar-refractivity contribution in [2.45, 2.75) is 12.5 Å². The highest BCUT2D eigenvalue weighted by molar-refractivity contribution is 5.83. The number of hydrogen-bond donors (Lipinski definition) is 1. The van der Waals surface area contributed by atoms with E-state index in [0.29, 0.717) is 5.56 Å². The van der Waals surface area contributed by atoms with E-state index in [1.54, 1.807) is 12.3 Å². The highest BCUT2D eigenvalue weighted by atomic mass is 19.1. The van der Waals surface area contributed by atoms with Crippen LogP contribution in [0.4, 0.5) is 4.39 Å². The molecule has 1 heterocycles. The Morgan fingerprint density at radius 2 is 1.90 bits per heavy atom. The first-order valence-corrected chi connectivity index (χ1v) is 7.02. The van der Waals surface area contributed by atoms with Crippen LogP contribution in [-0.2, 0) is 6.42 Å². The third-order valence-corrected chi connectivity index (χ3v) is 3.78. The number of fused-ring (bicyclic) bond motifs is 1. The first-order chi connectivity index (χ1) is 10.3. The quantitative estimate of drug-likeness (QED) is 0.784. The molecular weight excluding hydrogens is 263 g/mol. The monoisotopic (exact) mass is 280 g/mol. The normalized spacial score (nSPS) is 12.5. The van der Waals surface area contributed by atoms with Crippen LogP contribution in [0.2, 0.25) is 0 Å². The van der Waals surface area contributed by atoms with Crippen molar-refractivity contribution >= 4 is 10.8 Å². The highest BCUT2D eigenvalue weighted by Gasteiger charge is 2.14. The summed E-state index contributed by atoms with van der Waals surface area (Å²) in [5, 5.41) is 5.62. The van der Waals surface area contributed by atoms with Gasteiger partial charge in [-0.2, -0.15) is 0 Å². The van der Waals surface area contributed by atoms with Gasteiger partial charge in [-0.1, -0.05) is 42.5 Å². The van der Waals surface area contributed by atoms with Crippen molar-refractivity contribution < 1.29 is 4.39 Å². The van der Waals surface area contributed by atoms with Crippen LogP contribution < -0.4 is 5.32 Å². The Morgan fingerprint density at radius 3 is 2.67 bits per heavy atom. The Bertz CT molecular complexity index is 755. The predicted molar refractivity (Wildman–Crippen MR) is 83.6 cm³/mol. The van der Waals surface area contributed by atoms with Crippen molar-refractivity contribution in [3.05, 3.63) is 77.9 Å². The maximum Gasteiger partial charge on any atom is 0.146 e. The van der Waals surface area contributed by atoms with Crippen LogP contribution in [0.1, 0.15) is 17.2 Å². The number of nitrogens with one attached hydrogen (secondary N) is 1. The van der Waals surface area contributed by atoms with Gasteiger partial charge < -0.3 is 5.32 Å². The second-order valence-corrected chi connectivity index (χ2v) is 5.12. The number of hydrogen-bond acceptors (Lipinski definition) is 2. The molecule has 0 aliphatic rings. The minimum Gasteiger partial charge on any atom is -0.313 e. The first-order valence-electron chi connectivity index (χ1n) is 7.02. The smallest absolute Gasteiger partial charge is 0.146 e. The fourth-order valence-electron chi connectivity index (χ4n) is 2.64. The largest absolute Gasteiger partial charge is 0.313 e. The van der Waals surface area contributed by atoms with Crippen molar-refractivity contribution in [3.8, 4) is 0 Å². The molecule has 2 nitrogen and oxygen atoms in total. The average Bonchev–Trinajstić information content (AvgIpc) is 2.53. The molecule has 1 N–H and O–H groups in total. The molecule has 0 saturated heterocycles. The third-order valence-electron chi connectivity index (χ3n) is 3.78. The lowest BCUT2D eigenvalue weighted by atomic mass is 9.97. The fraction of sp³-hybridized carbons (Fsp3) is 0.167. The van der Waals surface area contributed by atoms with Crippen molar-refractivity contribution in [1.82, 2.24) is 10.3 Å². The van der Waals surface area contributed by atoms with Gasteiger partial charge in [-0.15, -0.1) is 0 Å². The summed E-state index contributed by atoms with van der Waals surface area (Å²) in [6.45, 7) is 0. The van der Waals surface area contributed by atoms with E-state index in [1.807, 2.05) is 19.2 Å². The first kappa shape index (κ1) is 13.7. The highest BCUT2D eigenvalue weighted by Crippen LogP contribution is 2.23. The van der Waals surface area contributed by atoms with E-state index in [-0.39, 0.29) is 11.9 Å². The van der Waals surface area contributed by atoms with Crippen LogP contribution in [-0.4, -0.2) is 12.0 Å². The van der Waals surface area contributed by atoms with Gasteiger partial charge in [0, 0.05) is 17.8 Å². The molecule has 0 spiro atoms. The third kappa shape index (κ3) is 2.93. The van der Waals surface area contributed by atoms with E-state index in [1.165, 1.54) is 22.5 Å². The summed E-state index contributed by atoms with van der Waals surface area (Å²) >= 11 is 0. The van der Waals surface area contributed by atoms with Crippen molar-refractivity contribution in [2.75, 3.05) is 7.05 Å². The molecule has 0 radical (unpaired) electrons. The molecule has 106 valence electrons. The molecule has 21 heavy (non-hydrogen) atoms. The maximum atomic E-state index is 13.9. The summed E-state index contributed by atoms with van der Waals surface area (Å²) < 4.78 is 13.9. The van der Waals surface area contributed by atoms with E-state index in [9.17, 15) is 4.39 Å². The van der Waals surface area contributed by atoms with Gasteiger partial charge >= 0.3 is 0 Å². The molecule has 1 atom stereocenters. The summed E-state index contributed by atoms with van der Waals surface area (Å²) in [5.74, 6) is -0.266. The Labute approximate surface area is 123 Å². The standard InChI is InChI=1S/C18H17FN2/c1-20-18(16-8-9-21-12-17(16)19)11-13-6-7-14-4-2-3-5-15(14)10-13/h2-10,12,18,20H,11H2,1H3. The summed E-state index contributed by atoms with van der Waals surface area (Å²) in [5.41, 5.74) is 1.84. The molecule has 2 aromatic carbocycles. The van der Waals surface area contributed by atoms with Gasteiger partial charge in [0.15, 0.2) is 0 Å². The van der Waals surface area contributed by atoms with Crippen LogP contribution >= 0.6 is 0 Å². The molecule has 0 saturated carbocycles. The molecule has 1 unspecified atom stereocenters. The Hall–Kier alpha value is -2.26. The number of nitrogens with zero attached hydrogens (tertiary/aromatic N) is 1. The molecule has 0 aliphatic carbocycles. The lowest BCUT2D eigenvalue weighted by molar-refractivity contribution is 0.530. The zero-order valence-electron chi connectivity index (χ0n) is 11.9. The Morgan fingerprint density at radius 1 is 1.10 bits per heavy atom. The van der Waals surface area contributed by atoms with Gasteiger partial charge in [-0.3, -0.25) is 4.98 Å². The van der Waals surface area contributed by atoms with E-state index in [0.717, 1.165) is 6.42 Å². The van der Waals surface area contributed by atoms with Crippen LogP contribution in [0.5, 0.6) is 0 Å². The molecular formula is C18H17FN2. The predicted octanol–water partition coefficient (Wildman–Crippen LogP) is 3.88. The molecule has 0 aliphatic heterocycles. The topological polar surface area (TPSA) is 24.9 Å². The van der Waals surface area contributed by atoms with Gasteiger partial charge in [0.2, 0.25) is 0 Å². The van der Waals surface area contributed by atoms with Crippen molar-refractivity contribution in [2.24, 2.45) is 0 Å². The number of likely N-dealkylation sites (N-methyl/N-ethyl adjacent to an activating group) is 1. The van der Waals surface area contributed by atoms with Crippen molar-refractivity contribution in [1.29, 1.82) is 0 Å². The summed E-state index contributed by atoms with van der Waals surface area (Å²) in [7, 11) is 1.85. The van der Waals surface area contributed by atoms with Crippen LogP contribution in [0.15, 0.2) is 60.9 Å². The summed E-state index contributed by atoms with van der Waals surface area (Å²) in [6, 6.07) is 16.3. The van der Waals surface area contributed by atoms with E-state index < -0.39 is 0 Å². The SMILES string of the molecule is CNC(Cc1ccc2ccccc2c1)c1ccncc1F. The second-order valence-electron chi connectivity index (χ2n) is 5.12. The van der Waals surface area contributed by atoms with Gasteiger partial charge in [0.05, 0.1) is 6.20 Å². The second kappa shape index (κ2) is 6.02. The van der Waals surface area contributed by atoms with Gasteiger partial charge in [0.25, 0.3) is 0 Å². The minimum atomic E-state index is -0.266. The van der Waals surface area contributed by atoms with Gasteiger partial charge in [-0.05, 0) is 35.9 Å². The molecule has 3 aromatic rings. The number of halogens is 1. The maximum absolute atomic E-state index is 13.9. The number of rotatable bonds is 4. The fourth-order valence-corrected chi connectivity index (χ4v) is 2.64. The van der Waals surface area contributed by atoms with Gasteiger partial charge in [0.1, 0.15) is 5.82 Å². The molecule has 0 fully saturated rings. The summed E-state index contributed by atoms with van der Waals surface area (Å²) in [4.78, 5) is 3.81. The van der Waals surface area contributed by atoms with Crippen LogP contribution in [0.25, 0.3) is 10.8 Å². The zero-order valence-corrected chi connectivity index (χ0v) is 11.9. The Kier molecular flexibility index (Phi) is 3.93. The molecule has 0 bridgehead atoms. The number of pyridine rings is 1. The summed E-state index contributed by atoms with van der Waals surface area (Å²) in [6.07, 6.45) is 3.63. The molecule has 3 rings (SSSR count). The lowest BCUT2D eigenvalue weighted by Crippen LogP contribution is -2.20. The van der Waals surface area contributed by atoms with Gasteiger partial charge in [-0.25, -0.2) is 4.39 Å². The van der Waals surface area contributed by atoms with Crippen molar-refractivity contribution in [3.63, 3.8) is 0 Å². The number of aromatic nitrogens is 1.